The quantitative estimate of drug-likeness (QED) is 0.785. The molecule has 5 heteroatoms. The third-order valence-corrected chi connectivity index (χ3v) is 3.16. The molecule has 2 rings (SSSR count). The minimum atomic E-state index is -0.941. The Labute approximate surface area is 113 Å². The average Bonchev–Trinajstić information content (AvgIpc) is 2.31. The van der Waals surface area contributed by atoms with Crippen LogP contribution in [0.1, 0.15) is 32.8 Å². The van der Waals surface area contributed by atoms with Crippen molar-refractivity contribution >= 4 is 12.6 Å². The first kappa shape index (κ1) is 14.5. The molecule has 0 atom stereocenters. The van der Waals surface area contributed by atoms with Crippen LogP contribution in [0.15, 0.2) is 12.1 Å². The number of benzene rings is 1. The van der Waals surface area contributed by atoms with Crippen LogP contribution in [-0.4, -0.2) is 20.3 Å². The Kier molecular flexibility index (Phi) is 4.26. The van der Waals surface area contributed by atoms with Crippen LogP contribution in [0, 0.1) is 17.0 Å². The highest BCUT2D eigenvalue weighted by molar-refractivity contribution is 6.61. The number of rotatable bonds is 3. The van der Waals surface area contributed by atoms with Crippen LogP contribution in [0.5, 0.6) is 0 Å². The van der Waals surface area contributed by atoms with Gasteiger partial charge in [0.15, 0.2) is 0 Å². The summed E-state index contributed by atoms with van der Waals surface area (Å²) in [5.74, 6) is -1.18. The molecule has 19 heavy (non-hydrogen) atoms. The van der Waals surface area contributed by atoms with Gasteiger partial charge in [-0.3, -0.25) is 0 Å². The van der Waals surface area contributed by atoms with Crippen molar-refractivity contribution in [1.82, 2.24) is 0 Å². The predicted molar refractivity (Wildman–Crippen MR) is 71.4 cm³/mol. The molecular weight excluding hydrogens is 249 g/mol. The smallest absolute Gasteiger partial charge is 0.407 e. The summed E-state index contributed by atoms with van der Waals surface area (Å²) in [6, 6.07) is 2.74. The molecule has 0 saturated carbocycles. The average molecular weight is 268 g/mol. The van der Waals surface area contributed by atoms with E-state index < -0.39 is 18.8 Å². The van der Waals surface area contributed by atoms with Gasteiger partial charge in [0.05, 0.1) is 5.46 Å². The van der Waals surface area contributed by atoms with E-state index in [0.717, 1.165) is 6.42 Å². The van der Waals surface area contributed by atoms with Gasteiger partial charge in [-0.25, -0.2) is 8.78 Å². The third kappa shape index (κ3) is 3.34. The predicted octanol–water partition coefficient (Wildman–Crippen LogP) is 2.69. The standard InChI is InChI=1S/C14H19BF2O2/c1-4-5-10-6-11(16)13(12(17)7-10)15-18-8-14(2,3)9-19-15/h6-7H,4-5,8-9H2,1-3H3. The number of hydrogen-bond acceptors (Lipinski definition) is 2. The lowest BCUT2D eigenvalue weighted by atomic mass is 9.74. The van der Waals surface area contributed by atoms with Gasteiger partial charge in [-0.15, -0.1) is 0 Å². The van der Waals surface area contributed by atoms with Crippen LogP contribution < -0.4 is 5.46 Å². The molecule has 1 aliphatic heterocycles. The van der Waals surface area contributed by atoms with E-state index in [0.29, 0.717) is 25.2 Å². The van der Waals surface area contributed by atoms with Gasteiger partial charge in [-0.1, -0.05) is 27.2 Å². The number of aryl methyl sites for hydroxylation is 1. The fraction of sp³-hybridized carbons (Fsp3) is 0.571. The van der Waals surface area contributed by atoms with Crippen LogP contribution in [0.2, 0.25) is 0 Å². The van der Waals surface area contributed by atoms with Crippen LogP contribution in [0.3, 0.4) is 0 Å². The molecule has 0 radical (unpaired) electrons. The van der Waals surface area contributed by atoms with E-state index in [4.69, 9.17) is 9.31 Å². The third-order valence-electron chi connectivity index (χ3n) is 3.16. The Balaban J connectivity index is 2.21. The van der Waals surface area contributed by atoms with E-state index in [1.807, 2.05) is 20.8 Å². The first-order valence-electron chi connectivity index (χ1n) is 6.64. The zero-order chi connectivity index (χ0) is 14.0. The Morgan fingerprint density at radius 1 is 1.16 bits per heavy atom. The molecule has 1 aromatic rings. The molecule has 1 saturated heterocycles. The summed E-state index contributed by atoms with van der Waals surface area (Å²) in [6.07, 6.45) is 1.51. The SMILES string of the molecule is CCCc1cc(F)c(B2OCC(C)(C)CO2)c(F)c1. The molecule has 1 fully saturated rings. The Morgan fingerprint density at radius 2 is 1.68 bits per heavy atom. The molecule has 0 spiro atoms. The molecule has 0 amide bonds. The lowest BCUT2D eigenvalue weighted by Gasteiger charge is -2.33. The molecule has 1 aliphatic rings. The van der Waals surface area contributed by atoms with Crippen LogP contribution in [0.4, 0.5) is 8.78 Å². The van der Waals surface area contributed by atoms with Gasteiger partial charge in [0.2, 0.25) is 0 Å². The summed E-state index contributed by atoms with van der Waals surface area (Å²) in [5.41, 5.74) is 0.429. The van der Waals surface area contributed by atoms with E-state index >= 15 is 0 Å². The molecule has 1 heterocycles. The van der Waals surface area contributed by atoms with Crippen molar-refractivity contribution in [3.8, 4) is 0 Å². The Hall–Kier alpha value is -0.935. The summed E-state index contributed by atoms with van der Waals surface area (Å²) in [5, 5.41) is 0. The van der Waals surface area contributed by atoms with E-state index in [1.54, 1.807) is 0 Å². The molecule has 2 nitrogen and oxygen atoms in total. The van der Waals surface area contributed by atoms with Crippen molar-refractivity contribution in [2.45, 2.75) is 33.6 Å². The van der Waals surface area contributed by atoms with Crippen molar-refractivity contribution in [2.75, 3.05) is 13.2 Å². The minimum absolute atomic E-state index is 0.115. The minimum Gasteiger partial charge on any atom is -0.407 e. The van der Waals surface area contributed by atoms with Crippen LogP contribution in [-0.2, 0) is 15.7 Å². The second-order valence-corrected chi connectivity index (χ2v) is 5.84. The van der Waals surface area contributed by atoms with E-state index in [9.17, 15) is 8.78 Å². The van der Waals surface area contributed by atoms with E-state index in [1.165, 1.54) is 12.1 Å². The van der Waals surface area contributed by atoms with Gasteiger partial charge < -0.3 is 9.31 Å². The first-order chi connectivity index (χ1) is 8.93. The second kappa shape index (κ2) is 5.59. The van der Waals surface area contributed by atoms with Gasteiger partial charge in [-0.05, 0) is 24.1 Å². The maximum absolute atomic E-state index is 14.0. The van der Waals surface area contributed by atoms with E-state index in [-0.39, 0.29) is 10.9 Å². The molecule has 0 aromatic heterocycles. The highest BCUT2D eigenvalue weighted by atomic mass is 19.1. The van der Waals surface area contributed by atoms with Gasteiger partial charge in [-0.2, -0.15) is 0 Å². The zero-order valence-electron chi connectivity index (χ0n) is 11.6. The van der Waals surface area contributed by atoms with Crippen molar-refractivity contribution in [1.29, 1.82) is 0 Å². The highest BCUT2D eigenvalue weighted by Crippen LogP contribution is 2.22. The summed E-state index contributed by atoms with van der Waals surface area (Å²) >= 11 is 0. The molecule has 0 aliphatic carbocycles. The van der Waals surface area contributed by atoms with Crippen molar-refractivity contribution < 1.29 is 18.1 Å². The maximum atomic E-state index is 14.0. The summed E-state index contributed by atoms with van der Waals surface area (Å²) in [6.45, 7) is 6.79. The van der Waals surface area contributed by atoms with Crippen molar-refractivity contribution in [2.24, 2.45) is 5.41 Å². The highest BCUT2D eigenvalue weighted by Gasteiger charge is 2.37. The second-order valence-electron chi connectivity index (χ2n) is 5.84. The van der Waals surface area contributed by atoms with Gasteiger partial charge >= 0.3 is 7.12 Å². The van der Waals surface area contributed by atoms with Crippen LogP contribution in [0.25, 0.3) is 0 Å². The number of halogens is 2. The summed E-state index contributed by atoms with van der Waals surface area (Å²) in [7, 11) is -0.941. The topological polar surface area (TPSA) is 18.5 Å². The molecule has 0 bridgehead atoms. The van der Waals surface area contributed by atoms with E-state index in [2.05, 4.69) is 0 Å². The molecule has 0 N–H and O–H groups in total. The van der Waals surface area contributed by atoms with Crippen LogP contribution >= 0.6 is 0 Å². The van der Waals surface area contributed by atoms with Gasteiger partial charge in [0.25, 0.3) is 0 Å². The lowest BCUT2D eigenvalue weighted by molar-refractivity contribution is 0.0337. The zero-order valence-corrected chi connectivity index (χ0v) is 11.6. The monoisotopic (exact) mass is 268 g/mol. The maximum Gasteiger partial charge on any atom is 0.499 e. The molecule has 0 unspecified atom stereocenters. The normalized spacial score (nSPS) is 18.7. The fourth-order valence-corrected chi connectivity index (χ4v) is 2.15. The first-order valence-corrected chi connectivity index (χ1v) is 6.64. The van der Waals surface area contributed by atoms with Gasteiger partial charge in [0, 0.05) is 18.6 Å². The lowest BCUT2D eigenvalue weighted by Crippen LogP contribution is -2.49. The summed E-state index contributed by atoms with van der Waals surface area (Å²) in [4.78, 5) is 0. The molecule has 1 aromatic carbocycles. The molecule has 104 valence electrons. The largest absolute Gasteiger partial charge is 0.499 e. The van der Waals surface area contributed by atoms with Gasteiger partial charge in [0.1, 0.15) is 11.6 Å². The fourth-order valence-electron chi connectivity index (χ4n) is 2.15. The Bertz CT molecular complexity index is 430. The van der Waals surface area contributed by atoms with Crippen molar-refractivity contribution in [3.63, 3.8) is 0 Å². The molecular formula is C14H19BF2O2. The number of hydrogen-bond donors (Lipinski definition) is 0. The Morgan fingerprint density at radius 3 is 2.16 bits per heavy atom. The van der Waals surface area contributed by atoms with Crippen molar-refractivity contribution in [3.05, 3.63) is 29.3 Å². The summed E-state index contributed by atoms with van der Waals surface area (Å²) < 4.78 is 38.9.